The van der Waals surface area contributed by atoms with Gasteiger partial charge in [0, 0.05) is 5.56 Å². The van der Waals surface area contributed by atoms with Crippen molar-refractivity contribution in [3.8, 4) is 11.3 Å². The third-order valence-corrected chi connectivity index (χ3v) is 2.94. The van der Waals surface area contributed by atoms with Crippen LogP contribution in [0.25, 0.3) is 11.3 Å². The molecule has 0 unspecified atom stereocenters. The highest BCUT2D eigenvalue weighted by molar-refractivity contribution is 5.94. The van der Waals surface area contributed by atoms with Crippen molar-refractivity contribution in [1.29, 1.82) is 5.41 Å². The Morgan fingerprint density at radius 3 is 2.61 bits per heavy atom. The van der Waals surface area contributed by atoms with E-state index >= 15 is 0 Å². The summed E-state index contributed by atoms with van der Waals surface area (Å²) in [6.45, 7) is 2.01. The van der Waals surface area contributed by atoms with Gasteiger partial charge >= 0.3 is 6.01 Å². The second-order valence-corrected chi connectivity index (χ2v) is 4.75. The number of allylic oxidation sites excluding steroid dienone is 2. The van der Waals surface area contributed by atoms with Crippen LogP contribution < -0.4 is 22.3 Å². The second-order valence-electron chi connectivity index (χ2n) is 4.75. The van der Waals surface area contributed by atoms with Crippen LogP contribution in [-0.4, -0.2) is 16.0 Å². The quantitative estimate of drug-likeness (QED) is 0.213. The minimum absolute atomic E-state index is 0.0185. The summed E-state index contributed by atoms with van der Waals surface area (Å²) in [5.41, 5.74) is 15.0. The molecular formula is C15H18N6O2. The Kier molecular flexibility index (Phi) is 5.00. The van der Waals surface area contributed by atoms with E-state index < -0.39 is 0 Å². The smallest absolute Gasteiger partial charge is 0.300 e. The molecule has 1 aromatic heterocycles. The molecule has 0 saturated heterocycles. The number of nitrogens with one attached hydrogen (secondary N) is 3. The van der Waals surface area contributed by atoms with Gasteiger partial charge in [-0.25, -0.2) is 4.98 Å². The molecule has 2 rings (SSSR count). The summed E-state index contributed by atoms with van der Waals surface area (Å²) in [5, 5.41) is 18.6. The molecular weight excluding hydrogens is 296 g/mol. The molecule has 0 aliphatic heterocycles. The van der Waals surface area contributed by atoms with Gasteiger partial charge in [0.1, 0.15) is 5.82 Å². The summed E-state index contributed by atoms with van der Waals surface area (Å²) in [5.74, 6) is 0.504. The van der Waals surface area contributed by atoms with Crippen LogP contribution in [0, 0.1) is 12.3 Å². The number of oxazole rings is 1. The Bertz CT molecular complexity index is 746. The monoisotopic (exact) mass is 314 g/mol. The largest absolute Gasteiger partial charge is 0.423 e. The Morgan fingerprint density at radius 1 is 1.26 bits per heavy atom. The number of aryl methyl sites for hydroxylation is 1. The standard InChI is InChI=1S/C15H18N6O2/c1-9-2-4-10(5-3-9)12-8-19-15(23-12)20-13(17)7-6-11(16)14(18)21-22/h2-8,22H,16-17H2,1H3,(H2,18,21)(H,19,20)/b11-6-,13-7+. The molecule has 120 valence electrons. The van der Waals surface area contributed by atoms with E-state index in [0.717, 1.165) is 11.1 Å². The maximum atomic E-state index is 8.55. The predicted octanol–water partition coefficient (Wildman–Crippen LogP) is 1.66. The molecule has 0 fully saturated rings. The average Bonchev–Trinajstić information content (AvgIpc) is 3.00. The lowest BCUT2D eigenvalue weighted by atomic mass is 10.1. The highest BCUT2D eigenvalue weighted by atomic mass is 16.5. The van der Waals surface area contributed by atoms with Crippen LogP contribution in [0.4, 0.5) is 6.01 Å². The zero-order valence-corrected chi connectivity index (χ0v) is 12.5. The van der Waals surface area contributed by atoms with Crippen molar-refractivity contribution < 1.29 is 9.62 Å². The molecule has 8 N–H and O–H groups in total. The van der Waals surface area contributed by atoms with Crippen LogP contribution in [0.2, 0.25) is 0 Å². The summed E-state index contributed by atoms with van der Waals surface area (Å²) < 4.78 is 5.57. The van der Waals surface area contributed by atoms with Crippen molar-refractivity contribution in [3.63, 3.8) is 0 Å². The first-order valence-electron chi connectivity index (χ1n) is 6.71. The van der Waals surface area contributed by atoms with E-state index in [1.807, 2.05) is 31.2 Å². The van der Waals surface area contributed by atoms with E-state index in [4.69, 9.17) is 26.5 Å². The third-order valence-electron chi connectivity index (χ3n) is 2.94. The van der Waals surface area contributed by atoms with Crippen LogP contribution in [0.1, 0.15) is 5.56 Å². The van der Waals surface area contributed by atoms with Crippen molar-refractivity contribution in [1.82, 2.24) is 10.5 Å². The third kappa shape index (κ3) is 4.35. The lowest BCUT2D eigenvalue weighted by Crippen LogP contribution is -2.24. The van der Waals surface area contributed by atoms with E-state index in [0.29, 0.717) is 5.76 Å². The maximum absolute atomic E-state index is 8.55. The van der Waals surface area contributed by atoms with Gasteiger partial charge in [0.05, 0.1) is 11.9 Å². The molecule has 8 nitrogen and oxygen atoms in total. The summed E-state index contributed by atoms with van der Waals surface area (Å²) in [7, 11) is 0. The zero-order valence-electron chi connectivity index (χ0n) is 12.5. The first kappa shape index (κ1) is 16.1. The number of anilines is 1. The molecule has 0 amide bonds. The Labute approximate surface area is 133 Å². The lowest BCUT2D eigenvalue weighted by Gasteiger charge is -2.02. The van der Waals surface area contributed by atoms with E-state index in [-0.39, 0.29) is 23.4 Å². The Hall–Kier alpha value is -3.26. The van der Waals surface area contributed by atoms with Gasteiger partial charge in [0.15, 0.2) is 11.6 Å². The molecule has 1 heterocycles. The van der Waals surface area contributed by atoms with Gasteiger partial charge in [0.25, 0.3) is 0 Å². The minimum atomic E-state index is -0.327. The number of rotatable bonds is 5. The second kappa shape index (κ2) is 7.14. The fourth-order valence-electron chi connectivity index (χ4n) is 1.68. The van der Waals surface area contributed by atoms with Crippen molar-refractivity contribution >= 4 is 11.9 Å². The average molecular weight is 314 g/mol. The highest BCUT2D eigenvalue weighted by Gasteiger charge is 2.06. The van der Waals surface area contributed by atoms with Crippen LogP contribution >= 0.6 is 0 Å². The number of aromatic nitrogens is 1. The first-order valence-corrected chi connectivity index (χ1v) is 6.71. The Balaban J connectivity index is 2.06. The minimum Gasteiger partial charge on any atom is -0.423 e. The maximum Gasteiger partial charge on any atom is 0.300 e. The Morgan fingerprint density at radius 2 is 1.96 bits per heavy atom. The molecule has 2 aromatic rings. The fourth-order valence-corrected chi connectivity index (χ4v) is 1.68. The van der Waals surface area contributed by atoms with Crippen LogP contribution in [0.3, 0.4) is 0 Å². The van der Waals surface area contributed by atoms with Gasteiger partial charge in [-0.3, -0.25) is 21.4 Å². The van der Waals surface area contributed by atoms with Gasteiger partial charge in [-0.05, 0) is 19.1 Å². The summed E-state index contributed by atoms with van der Waals surface area (Å²) in [6.07, 6.45) is 4.38. The number of hydroxylamine groups is 1. The first-order chi connectivity index (χ1) is 11.0. The van der Waals surface area contributed by atoms with Crippen LogP contribution in [0.15, 0.2) is 58.5 Å². The molecule has 1 aromatic carbocycles. The SMILES string of the molecule is Cc1ccc(-c2cnc(N/C(N)=C/C=C(\N)C(=N)NO)o2)cc1. The van der Waals surface area contributed by atoms with Gasteiger partial charge in [0.2, 0.25) is 0 Å². The number of amidine groups is 1. The van der Waals surface area contributed by atoms with E-state index in [2.05, 4.69) is 10.3 Å². The molecule has 0 radical (unpaired) electrons. The van der Waals surface area contributed by atoms with Gasteiger partial charge in [-0.2, -0.15) is 0 Å². The van der Waals surface area contributed by atoms with Gasteiger partial charge < -0.3 is 15.9 Å². The fraction of sp³-hybridized carbons (Fsp3) is 0.0667. The molecule has 0 spiro atoms. The number of nitrogens with two attached hydrogens (primary N) is 2. The topological polar surface area (TPSA) is 146 Å². The molecule has 23 heavy (non-hydrogen) atoms. The zero-order chi connectivity index (χ0) is 16.8. The molecule has 0 bridgehead atoms. The van der Waals surface area contributed by atoms with Gasteiger partial charge in [-0.1, -0.05) is 29.8 Å². The number of benzene rings is 1. The number of nitrogens with zero attached hydrogens (tertiary/aromatic N) is 1. The summed E-state index contributed by atoms with van der Waals surface area (Å²) >= 11 is 0. The predicted molar refractivity (Wildman–Crippen MR) is 87.5 cm³/mol. The summed E-state index contributed by atoms with van der Waals surface area (Å²) in [4.78, 5) is 4.09. The van der Waals surface area contributed by atoms with Crippen LogP contribution in [0.5, 0.6) is 0 Å². The molecule has 8 heteroatoms. The van der Waals surface area contributed by atoms with E-state index in [1.54, 1.807) is 11.7 Å². The van der Waals surface area contributed by atoms with Crippen molar-refractivity contribution in [2.75, 3.05) is 5.32 Å². The van der Waals surface area contributed by atoms with Crippen molar-refractivity contribution in [2.24, 2.45) is 11.5 Å². The van der Waals surface area contributed by atoms with Crippen molar-refractivity contribution in [3.05, 3.63) is 59.7 Å². The highest BCUT2D eigenvalue weighted by Crippen LogP contribution is 2.22. The number of hydrogen-bond donors (Lipinski definition) is 6. The van der Waals surface area contributed by atoms with Gasteiger partial charge in [-0.15, -0.1) is 0 Å². The van der Waals surface area contributed by atoms with Crippen molar-refractivity contribution in [2.45, 2.75) is 6.92 Å². The molecule has 0 aliphatic rings. The normalized spacial score (nSPS) is 12.1. The molecule has 0 saturated carbocycles. The molecule has 0 aliphatic carbocycles. The number of hydrogen-bond acceptors (Lipinski definition) is 7. The van der Waals surface area contributed by atoms with Crippen LogP contribution in [-0.2, 0) is 0 Å². The van der Waals surface area contributed by atoms with E-state index in [9.17, 15) is 0 Å². The summed E-state index contributed by atoms with van der Waals surface area (Å²) in [6, 6.07) is 8.08. The molecule has 0 atom stereocenters. The van der Waals surface area contributed by atoms with E-state index in [1.165, 1.54) is 12.2 Å². The lowest BCUT2D eigenvalue weighted by molar-refractivity contribution is 0.234.